The number of hydrogen-bond acceptors (Lipinski definition) is 2. The van der Waals surface area contributed by atoms with E-state index in [4.69, 9.17) is 10.2 Å². The van der Waals surface area contributed by atoms with Crippen molar-refractivity contribution in [3.8, 4) is 0 Å². The van der Waals surface area contributed by atoms with Crippen LogP contribution >= 0.6 is 0 Å². The fraction of sp³-hybridized carbons (Fsp3) is 0.857. The first-order chi connectivity index (χ1) is 8.54. The first-order valence-corrected chi connectivity index (χ1v) is 6.98. The van der Waals surface area contributed by atoms with Gasteiger partial charge in [0.2, 0.25) is 0 Å². The van der Waals surface area contributed by atoms with Gasteiger partial charge in [0.25, 0.3) is 0 Å². The molecule has 0 radical (unpaired) electrons. The van der Waals surface area contributed by atoms with E-state index < -0.39 is 11.9 Å². The second-order valence-corrected chi connectivity index (χ2v) is 4.41. The number of carbonyl (C=O) groups is 2. The molecule has 114 valence electrons. The summed E-state index contributed by atoms with van der Waals surface area (Å²) in [5, 5.41) is 16.4. The van der Waals surface area contributed by atoms with Gasteiger partial charge < -0.3 is 10.2 Å². The van der Waals surface area contributed by atoms with Crippen LogP contribution in [0.1, 0.15) is 78.1 Å². The minimum absolute atomic E-state index is 0. The van der Waals surface area contributed by atoms with E-state index >= 15 is 0 Å². The Morgan fingerprint density at radius 3 is 1.21 bits per heavy atom. The van der Waals surface area contributed by atoms with E-state index in [0.717, 1.165) is 38.5 Å². The summed E-state index contributed by atoms with van der Waals surface area (Å²) in [6.07, 6.45) is 9.11. The van der Waals surface area contributed by atoms with Gasteiger partial charge in [0.1, 0.15) is 0 Å². The molecule has 0 aromatic rings. The standard InChI is InChI=1S/2C7H14O2.Ga.3H/c2*1-2-3-4-5-6-7(8)9;;;;/h2*2-6H2,1H3,(H,8,9);;;;. The van der Waals surface area contributed by atoms with E-state index in [-0.39, 0.29) is 19.8 Å². The molecule has 0 aliphatic rings. The Kier molecular flexibility index (Phi) is 24.8. The van der Waals surface area contributed by atoms with Crippen molar-refractivity contribution in [2.75, 3.05) is 0 Å². The van der Waals surface area contributed by atoms with Gasteiger partial charge in [0.15, 0.2) is 0 Å². The average molecular weight is 333 g/mol. The molecule has 0 aromatic carbocycles. The molecule has 0 bridgehead atoms. The van der Waals surface area contributed by atoms with Crippen LogP contribution in [0.2, 0.25) is 0 Å². The third kappa shape index (κ3) is 31.8. The van der Waals surface area contributed by atoms with E-state index in [0.29, 0.717) is 12.8 Å². The molecule has 0 amide bonds. The molecule has 0 spiro atoms. The third-order valence-electron chi connectivity index (χ3n) is 2.49. The van der Waals surface area contributed by atoms with Gasteiger partial charge in [-0.05, 0) is 12.8 Å². The van der Waals surface area contributed by atoms with Crippen molar-refractivity contribution < 1.29 is 19.8 Å². The molecule has 0 heterocycles. The van der Waals surface area contributed by atoms with Gasteiger partial charge >= 0.3 is 31.7 Å². The zero-order valence-corrected chi connectivity index (χ0v) is 11.8. The zero-order valence-electron chi connectivity index (χ0n) is 11.8. The van der Waals surface area contributed by atoms with E-state index in [2.05, 4.69) is 13.8 Å². The van der Waals surface area contributed by atoms with Crippen LogP contribution < -0.4 is 0 Å². The number of aliphatic carboxylic acids is 2. The van der Waals surface area contributed by atoms with E-state index in [1.807, 2.05) is 0 Å². The van der Waals surface area contributed by atoms with Gasteiger partial charge in [-0.2, -0.15) is 0 Å². The van der Waals surface area contributed by atoms with Crippen molar-refractivity contribution in [2.24, 2.45) is 0 Å². The van der Waals surface area contributed by atoms with Crippen LogP contribution in [0.15, 0.2) is 0 Å². The Bertz CT molecular complexity index is 186. The van der Waals surface area contributed by atoms with Gasteiger partial charge in [-0.3, -0.25) is 9.59 Å². The first kappa shape index (κ1) is 23.7. The molecule has 0 rings (SSSR count). The van der Waals surface area contributed by atoms with Gasteiger partial charge in [0.05, 0.1) is 0 Å². The van der Waals surface area contributed by atoms with Crippen LogP contribution in [0.4, 0.5) is 0 Å². The van der Waals surface area contributed by atoms with Crippen LogP contribution in [0, 0.1) is 0 Å². The SMILES string of the molecule is CCCCCCC(=O)O.CCCCCCC(=O)O.[GaH3]. The number of unbranched alkanes of at least 4 members (excludes halogenated alkanes) is 6. The molecular formula is C14H31GaO4. The topological polar surface area (TPSA) is 74.6 Å². The average Bonchev–Trinajstić information content (AvgIpc) is 2.31. The number of carboxylic acid groups (broad SMARTS) is 2. The van der Waals surface area contributed by atoms with Crippen molar-refractivity contribution in [3.63, 3.8) is 0 Å². The molecule has 0 aliphatic carbocycles. The van der Waals surface area contributed by atoms with E-state index in [1.54, 1.807) is 0 Å². The van der Waals surface area contributed by atoms with Crippen molar-refractivity contribution >= 4 is 31.7 Å². The third-order valence-corrected chi connectivity index (χ3v) is 2.49. The summed E-state index contributed by atoms with van der Waals surface area (Å²) in [6, 6.07) is 0. The van der Waals surface area contributed by atoms with Crippen LogP contribution in [-0.4, -0.2) is 41.9 Å². The predicted octanol–water partition coefficient (Wildman–Crippen LogP) is 2.90. The molecule has 0 aromatic heterocycles. The van der Waals surface area contributed by atoms with Crippen molar-refractivity contribution in [1.29, 1.82) is 0 Å². The normalized spacial score (nSPS) is 8.95. The van der Waals surface area contributed by atoms with E-state index in [9.17, 15) is 9.59 Å². The summed E-state index contributed by atoms with van der Waals surface area (Å²) in [5.41, 5.74) is 0. The summed E-state index contributed by atoms with van der Waals surface area (Å²) in [4.78, 5) is 19.9. The fourth-order valence-electron chi connectivity index (χ4n) is 1.41. The van der Waals surface area contributed by atoms with Gasteiger partial charge in [-0.1, -0.05) is 52.4 Å². The molecule has 0 atom stereocenters. The Hall–Kier alpha value is -0.424. The van der Waals surface area contributed by atoms with Gasteiger partial charge in [0, 0.05) is 12.8 Å². The predicted molar refractivity (Wildman–Crippen MR) is 82.7 cm³/mol. The quantitative estimate of drug-likeness (QED) is 0.476. The maximum absolute atomic E-state index is 9.96. The molecule has 5 heteroatoms. The van der Waals surface area contributed by atoms with Crippen molar-refractivity contribution in [2.45, 2.75) is 78.1 Å². The second kappa shape index (κ2) is 19.9. The maximum atomic E-state index is 9.96. The number of carboxylic acids is 2. The second-order valence-electron chi connectivity index (χ2n) is 4.41. The molecule has 4 nitrogen and oxygen atoms in total. The molecular weight excluding hydrogens is 302 g/mol. The summed E-state index contributed by atoms with van der Waals surface area (Å²) in [7, 11) is 0. The van der Waals surface area contributed by atoms with Gasteiger partial charge in [-0.25, -0.2) is 0 Å². The molecule has 0 unspecified atom stereocenters. The summed E-state index contributed by atoms with van der Waals surface area (Å²) < 4.78 is 0. The summed E-state index contributed by atoms with van der Waals surface area (Å²) in [5.74, 6) is -1.35. The van der Waals surface area contributed by atoms with Crippen molar-refractivity contribution in [3.05, 3.63) is 0 Å². The van der Waals surface area contributed by atoms with Crippen LogP contribution in [-0.2, 0) is 9.59 Å². The first-order valence-electron chi connectivity index (χ1n) is 6.98. The Morgan fingerprint density at radius 2 is 1.00 bits per heavy atom. The summed E-state index contributed by atoms with van der Waals surface area (Å²) >= 11 is 0. The Labute approximate surface area is 130 Å². The molecule has 19 heavy (non-hydrogen) atoms. The monoisotopic (exact) mass is 332 g/mol. The van der Waals surface area contributed by atoms with Crippen LogP contribution in [0.25, 0.3) is 0 Å². The molecule has 2 N–H and O–H groups in total. The Morgan fingerprint density at radius 1 is 0.684 bits per heavy atom. The number of rotatable bonds is 10. The zero-order chi connectivity index (χ0) is 14.2. The van der Waals surface area contributed by atoms with Crippen LogP contribution in [0.5, 0.6) is 0 Å². The van der Waals surface area contributed by atoms with Crippen LogP contribution in [0.3, 0.4) is 0 Å². The molecule has 0 aliphatic heterocycles. The van der Waals surface area contributed by atoms with Crippen molar-refractivity contribution in [1.82, 2.24) is 0 Å². The molecule has 0 saturated carbocycles. The van der Waals surface area contributed by atoms with E-state index in [1.165, 1.54) is 12.8 Å². The fourth-order valence-corrected chi connectivity index (χ4v) is 1.41. The summed E-state index contributed by atoms with van der Waals surface area (Å²) in [6.45, 7) is 4.22. The van der Waals surface area contributed by atoms with Gasteiger partial charge in [-0.15, -0.1) is 0 Å². The number of hydrogen-bond donors (Lipinski definition) is 2. The Balaban J connectivity index is -0.000000256. The minimum atomic E-state index is -0.675. The molecule has 0 fully saturated rings. The molecule has 0 saturated heterocycles.